The number of amides is 1. The molecule has 4 rings (SSSR count). The average molecular weight is 419 g/mol. The highest BCUT2D eigenvalue weighted by atomic mass is 35.5. The lowest BCUT2D eigenvalue weighted by Gasteiger charge is -2.18. The van der Waals surface area contributed by atoms with Crippen molar-refractivity contribution in [2.75, 3.05) is 18.4 Å². The van der Waals surface area contributed by atoms with Crippen LogP contribution in [-0.4, -0.2) is 56.2 Å². The molecule has 0 saturated carbocycles. The van der Waals surface area contributed by atoms with Gasteiger partial charge in [-0.3, -0.25) is 0 Å². The summed E-state index contributed by atoms with van der Waals surface area (Å²) in [4.78, 5) is 29.4. The van der Waals surface area contributed by atoms with Crippen LogP contribution in [0.5, 0.6) is 0 Å². The number of H-pyrrole nitrogens is 1. The average Bonchev–Trinajstić information content (AvgIpc) is 3.30. The Morgan fingerprint density at radius 2 is 2.24 bits per heavy atom. The number of carbonyl (C=O) groups is 1. The van der Waals surface area contributed by atoms with Gasteiger partial charge in [-0.1, -0.05) is 11.6 Å². The van der Waals surface area contributed by atoms with Crippen LogP contribution < -0.4 is 5.32 Å². The van der Waals surface area contributed by atoms with Crippen molar-refractivity contribution in [2.45, 2.75) is 32.4 Å². The number of nitrogens with zero attached hydrogens (tertiary/aromatic N) is 4. The summed E-state index contributed by atoms with van der Waals surface area (Å²) in [5.41, 5.74) is 1.31. The van der Waals surface area contributed by atoms with Crippen molar-refractivity contribution < 1.29 is 13.9 Å². The molecule has 1 unspecified atom stereocenters. The van der Waals surface area contributed by atoms with E-state index in [1.165, 1.54) is 0 Å². The number of carbonyl (C=O) groups excluding carboxylic acids is 1. The molecule has 4 heterocycles. The highest BCUT2D eigenvalue weighted by Gasteiger charge is 2.28. The van der Waals surface area contributed by atoms with Crippen LogP contribution >= 0.6 is 11.6 Å². The first-order valence-electron chi connectivity index (χ1n) is 9.28. The minimum Gasteiger partial charge on any atom is -0.447 e. The van der Waals surface area contributed by atoms with Gasteiger partial charge in [0.15, 0.2) is 17.5 Å². The summed E-state index contributed by atoms with van der Waals surface area (Å²) in [5.74, 6) is -0.130. The molecule has 0 spiro atoms. The number of nitrogens with one attached hydrogen (secondary N) is 2. The van der Waals surface area contributed by atoms with Crippen LogP contribution in [0.2, 0.25) is 5.02 Å². The molecular weight excluding hydrogens is 399 g/mol. The third-order valence-electron chi connectivity index (χ3n) is 4.61. The fourth-order valence-corrected chi connectivity index (χ4v) is 3.43. The molecule has 0 aromatic carbocycles. The number of aromatic amines is 1. The van der Waals surface area contributed by atoms with Crippen LogP contribution in [0.15, 0.2) is 24.7 Å². The van der Waals surface area contributed by atoms with Crippen molar-refractivity contribution in [3.05, 3.63) is 35.5 Å². The molecule has 0 radical (unpaired) electrons. The molecule has 2 N–H and O–H groups in total. The molecule has 1 amide bonds. The molecule has 10 heteroatoms. The third-order valence-corrected chi connectivity index (χ3v) is 4.81. The summed E-state index contributed by atoms with van der Waals surface area (Å²) in [6.07, 6.45) is 4.50. The summed E-state index contributed by atoms with van der Waals surface area (Å²) in [6.45, 7) is 4.55. The first kappa shape index (κ1) is 19.4. The van der Waals surface area contributed by atoms with Gasteiger partial charge in [0.05, 0.1) is 17.3 Å². The number of anilines is 1. The number of hydrogen-bond acceptors (Lipinski definition) is 6. The highest BCUT2D eigenvalue weighted by Crippen LogP contribution is 2.28. The standard InChI is InChI=1S/C19H20ClFN6O2/c1-10(2)29-19(28)27-4-3-12(9-27)25-18-15(21)8-24-17(26-18)14-7-23-16-13(14)5-11(20)6-22-16/h5-8,10,12H,3-4,9H2,1-2H3,(H,22,23)(H,24,25,26). The zero-order valence-corrected chi connectivity index (χ0v) is 16.7. The molecule has 0 aliphatic carbocycles. The van der Waals surface area contributed by atoms with E-state index in [0.29, 0.717) is 41.6 Å². The Bertz CT molecular complexity index is 1060. The Labute approximate surface area is 171 Å². The highest BCUT2D eigenvalue weighted by molar-refractivity contribution is 6.31. The van der Waals surface area contributed by atoms with E-state index in [4.69, 9.17) is 16.3 Å². The normalized spacial score (nSPS) is 16.6. The maximum atomic E-state index is 14.3. The minimum absolute atomic E-state index is 0.0865. The van der Waals surface area contributed by atoms with E-state index < -0.39 is 5.82 Å². The predicted molar refractivity (Wildman–Crippen MR) is 107 cm³/mol. The van der Waals surface area contributed by atoms with Crippen molar-refractivity contribution >= 4 is 34.5 Å². The molecule has 1 aliphatic heterocycles. The largest absolute Gasteiger partial charge is 0.447 e. The Balaban J connectivity index is 1.54. The van der Waals surface area contributed by atoms with E-state index in [9.17, 15) is 9.18 Å². The molecule has 1 fully saturated rings. The Morgan fingerprint density at radius 3 is 3.03 bits per heavy atom. The molecular formula is C19H20ClFN6O2. The molecule has 8 nitrogen and oxygen atoms in total. The number of rotatable bonds is 4. The number of pyridine rings is 1. The van der Waals surface area contributed by atoms with Crippen molar-refractivity contribution in [3.63, 3.8) is 0 Å². The zero-order chi connectivity index (χ0) is 20.5. The van der Waals surface area contributed by atoms with Crippen molar-refractivity contribution in [2.24, 2.45) is 0 Å². The van der Waals surface area contributed by atoms with Crippen molar-refractivity contribution in [1.82, 2.24) is 24.8 Å². The lowest BCUT2D eigenvalue weighted by Crippen LogP contribution is -2.33. The van der Waals surface area contributed by atoms with Gasteiger partial charge in [-0.05, 0) is 26.3 Å². The number of halogens is 2. The number of aromatic nitrogens is 4. The Kier molecular flexibility index (Phi) is 5.23. The molecule has 1 atom stereocenters. The van der Waals surface area contributed by atoms with E-state index in [1.807, 2.05) is 0 Å². The number of hydrogen-bond donors (Lipinski definition) is 2. The summed E-state index contributed by atoms with van der Waals surface area (Å²) in [7, 11) is 0. The summed E-state index contributed by atoms with van der Waals surface area (Å²) in [5, 5.41) is 4.31. The SMILES string of the molecule is CC(C)OC(=O)N1CCC(Nc2nc(-c3c[nH]c4ncc(Cl)cc34)ncc2F)C1. The van der Waals surface area contributed by atoms with Crippen molar-refractivity contribution in [1.29, 1.82) is 0 Å². The summed E-state index contributed by atoms with van der Waals surface area (Å²) >= 11 is 6.04. The first-order chi connectivity index (χ1) is 13.9. The molecule has 0 bridgehead atoms. The maximum Gasteiger partial charge on any atom is 0.410 e. The monoisotopic (exact) mass is 418 g/mol. The lowest BCUT2D eigenvalue weighted by atomic mass is 10.2. The van der Waals surface area contributed by atoms with Gasteiger partial charge in [-0.2, -0.15) is 0 Å². The van der Waals surface area contributed by atoms with Crippen LogP contribution in [0.1, 0.15) is 20.3 Å². The first-order valence-corrected chi connectivity index (χ1v) is 9.66. The van der Waals surface area contributed by atoms with Gasteiger partial charge >= 0.3 is 6.09 Å². The van der Waals surface area contributed by atoms with Crippen LogP contribution in [0.3, 0.4) is 0 Å². The second-order valence-electron chi connectivity index (χ2n) is 7.15. The number of ether oxygens (including phenoxy) is 1. The Morgan fingerprint density at radius 1 is 1.41 bits per heavy atom. The van der Waals surface area contributed by atoms with Crippen LogP contribution in [0.4, 0.5) is 15.0 Å². The fourth-order valence-electron chi connectivity index (χ4n) is 3.27. The van der Waals surface area contributed by atoms with E-state index in [0.717, 1.165) is 11.6 Å². The fraction of sp³-hybridized carbons (Fsp3) is 0.368. The number of likely N-dealkylation sites (tertiary alicyclic amines) is 1. The summed E-state index contributed by atoms with van der Waals surface area (Å²) < 4.78 is 19.6. The van der Waals surface area contributed by atoms with E-state index in [-0.39, 0.29) is 24.1 Å². The van der Waals surface area contributed by atoms with Gasteiger partial charge in [-0.15, -0.1) is 0 Å². The van der Waals surface area contributed by atoms with E-state index in [2.05, 4.69) is 25.3 Å². The minimum atomic E-state index is -0.562. The van der Waals surface area contributed by atoms with Gasteiger partial charge in [0.1, 0.15) is 5.65 Å². The molecule has 29 heavy (non-hydrogen) atoms. The van der Waals surface area contributed by atoms with Crippen LogP contribution in [-0.2, 0) is 4.74 Å². The quantitative estimate of drug-likeness (QED) is 0.668. The Hall–Kier alpha value is -2.94. The molecule has 1 saturated heterocycles. The topological polar surface area (TPSA) is 96.0 Å². The van der Waals surface area contributed by atoms with Gasteiger partial charge in [0.2, 0.25) is 0 Å². The van der Waals surface area contributed by atoms with E-state index in [1.54, 1.807) is 37.2 Å². The van der Waals surface area contributed by atoms with Gasteiger partial charge in [0, 0.05) is 42.5 Å². The predicted octanol–water partition coefficient (Wildman–Crippen LogP) is 3.84. The number of fused-ring (bicyclic) bond motifs is 1. The lowest BCUT2D eigenvalue weighted by molar-refractivity contribution is 0.0834. The van der Waals surface area contributed by atoms with E-state index >= 15 is 0 Å². The zero-order valence-electron chi connectivity index (χ0n) is 15.9. The van der Waals surface area contributed by atoms with Crippen LogP contribution in [0, 0.1) is 5.82 Å². The maximum absolute atomic E-state index is 14.3. The second kappa shape index (κ2) is 7.82. The van der Waals surface area contributed by atoms with Gasteiger partial charge in [-0.25, -0.2) is 24.1 Å². The third kappa shape index (κ3) is 4.09. The van der Waals surface area contributed by atoms with Gasteiger partial charge < -0.3 is 19.9 Å². The molecule has 1 aliphatic rings. The smallest absolute Gasteiger partial charge is 0.410 e. The molecule has 152 valence electrons. The van der Waals surface area contributed by atoms with Crippen LogP contribution in [0.25, 0.3) is 22.4 Å². The van der Waals surface area contributed by atoms with Gasteiger partial charge in [0.25, 0.3) is 0 Å². The second-order valence-corrected chi connectivity index (χ2v) is 7.59. The molecule has 3 aromatic rings. The molecule has 3 aromatic heterocycles. The van der Waals surface area contributed by atoms with Crippen molar-refractivity contribution in [3.8, 4) is 11.4 Å². The summed E-state index contributed by atoms with van der Waals surface area (Å²) in [6, 6.07) is 1.62.